The van der Waals surface area contributed by atoms with Gasteiger partial charge in [-0.25, -0.2) is 4.98 Å². The van der Waals surface area contributed by atoms with Crippen LogP contribution in [0.5, 0.6) is 5.75 Å². The molecule has 6 heteroatoms. The molecule has 0 saturated heterocycles. The molecule has 0 aliphatic rings. The first-order chi connectivity index (χ1) is 11.7. The van der Waals surface area contributed by atoms with Gasteiger partial charge in [-0.15, -0.1) is 11.3 Å². The maximum atomic E-state index is 11.6. The molecule has 0 spiro atoms. The van der Waals surface area contributed by atoms with Crippen LogP contribution in [0.1, 0.15) is 11.9 Å². The first-order valence-electron chi connectivity index (χ1n) is 7.69. The number of rotatable bonds is 7. The van der Waals surface area contributed by atoms with E-state index in [0.29, 0.717) is 18.9 Å². The smallest absolute Gasteiger partial charge is 0.250 e. The van der Waals surface area contributed by atoms with Gasteiger partial charge in [0.1, 0.15) is 24.0 Å². The zero-order chi connectivity index (χ0) is 16.8. The highest BCUT2D eigenvalue weighted by atomic mass is 32.1. The third-order valence-electron chi connectivity index (χ3n) is 3.28. The molecule has 0 saturated carbocycles. The quantitative estimate of drug-likeness (QED) is 0.708. The highest BCUT2D eigenvalue weighted by Crippen LogP contribution is 2.23. The number of para-hydroxylation sites is 1. The molecule has 2 aromatic carbocycles. The van der Waals surface area contributed by atoms with Gasteiger partial charge in [0, 0.05) is 12.3 Å². The molecule has 0 unspecified atom stereocenters. The maximum absolute atomic E-state index is 11.6. The number of nitrogens with zero attached hydrogens (tertiary/aromatic N) is 1. The van der Waals surface area contributed by atoms with E-state index in [1.54, 1.807) is 23.5 Å². The number of benzene rings is 2. The Morgan fingerprint density at radius 3 is 2.71 bits per heavy atom. The van der Waals surface area contributed by atoms with Crippen molar-refractivity contribution >= 4 is 33.1 Å². The molecule has 0 aliphatic carbocycles. The summed E-state index contributed by atoms with van der Waals surface area (Å²) in [6.45, 7) is 2.86. The van der Waals surface area contributed by atoms with Crippen LogP contribution < -0.4 is 10.1 Å². The van der Waals surface area contributed by atoms with Crippen LogP contribution in [0.4, 0.5) is 5.69 Å². The largest absolute Gasteiger partial charge is 0.486 e. The second-order valence-electron chi connectivity index (χ2n) is 5.07. The zero-order valence-corrected chi connectivity index (χ0v) is 14.1. The van der Waals surface area contributed by atoms with Crippen molar-refractivity contribution in [2.24, 2.45) is 0 Å². The van der Waals surface area contributed by atoms with Gasteiger partial charge in [-0.1, -0.05) is 12.1 Å². The second kappa shape index (κ2) is 7.90. The van der Waals surface area contributed by atoms with Crippen molar-refractivity contribution in [1.82, 2.24) is 4.98 Å². The number of aromatic nitrogens is 1. The predicted octanol–water partition coefficient (Wildman–Crippen LogP) is 3.85. The molecule has 0 aliphatic heterocycles. The summed E-state index contributed by atoms with van der Waals surface area (Å²) in [5, 5.41) is 3.70. The fraction of sp³-hybridized carbons (Fsp3) is 0.222. The van der Waals surface area contributed by atoms with Crippen molar-refractivity contribution in [2.75, 3.05) is 18.5 Å². The number of carbonyl (C=O) groups excluding carboxylic acids is 1. The summed E-state index contributed by atoms with van der Waals surface area (Å²) in [5.74, 6) is 0.567. The van der Waals surface area contributed by atoms with Gasteiger partial charge in [0.15, 0.2) is 0 Å². The zero-order valence-electron chi connectivity index (χ0n) is 13.3. The highest BCUT2D eigenvalue weighted by Gasteiger charge is 2.05. The van der Waals surface area contributed by atoms with E-state index in [1.807, 2.05) is 37.3 Å². The van der Waals surface area contributed by atoms with Crippen LogP contribution in [0.15, 0.2) is 48.5 Å². The average molecular weight is 342 g/mol. The van der Waals surface area contributed by atoms with E-state index in [1.165, 1.54) is 0 Å². The summed E-state index contributed by atoms with van der Waals surface area (Å²) in [6, 6.07) is 15.3. The van der Waals surface area contributed by atoms with Crippen molar-refractivity contribution in [3.8, 4) is 5.75 Å². The number of fused-ring (bicyclic) bond motifs is 1. The number of nitrogens with one attached hydrogen (secondary N) is 1. The Bertz CT molecular complexity index is 782. The fourth-order valence-electron chi connectivity index (χ4n) is 2.15. The summed E-state index contributed by atoms with van der Waals surface area (Å²) in [5.41, 5.74) is 1.71. The summed E-state index contributed by atoms with van der Waals surface area (Å²) in [6.07, 6.45) is 0. The number of hydrogen-bond donors (Lipinski definition) is 1. The van der Waals surface area contributed by atoms with Crippen LogP contribution >= 0.6 is 11.3 Å². The number of hydrogen-bond acceptors (Lipinski definition) is 5. The van der Waals surface area contributed by atoms with Crippen LogP contribution in [0.2, 0.25) is 0 Å². The summed E-state index contributed by atoms with van der Waals surface area (Å²) < 4.78 is 12.0. The molecule has 0 atom stereocenters. The first kappa shape index (κ1) is 16.4. The number of amides is 1. The first-order valence-corrected chi connectivity index (χ1v) is 8.51. The van der Waals surface area contributed by atoms with Gasteiger partial charge >= 0.3 is 0 Å². The van der Waals surface area contributed by atoms with Crippen LogP contribution in [0.3, 0.4) is 0 Å². The van der Waals surface area contributed by atoms with Gasteiger partial charge in [-0.3, -0.25) is 4.79 Å². The molecule has 1 aromatic heterocycles. The lowest BCUT2D eigenvalue weighted by atomic mass is 10.3. The van der Waals surface area contributed by atoms with E-state index < -0.39 is 0 Å². The van der Waals surface area contributed by atoms with Gasteiger partial charge in [0.05, 0.1) is 10.2 Å². The third-order valence-corrected chi connectivity index (χ3v) is 4.29. The fourth-order valence-corrected chi connectivity index (χ4v) is 3.03. The number of carbonyl (C=O) groups is 1. The van der Waals surface area contributed by atoms with Gasteiger partial charge in [-0.05, 0) is 43.3 Å². The Morgan fingerprint density at radius 1 is 1.17 bits per heavy atom. The van der Waals surface area contributed by atoms with Crippen LogP contribution in [0.25, 0.3) is 10.2 Å². The Labute approximate surface area is 144 Å². The Hall–Kier alpha value is -2.44. The van der Waals surface area contributed by atoms with Crippen LogP contribution in [-0.4, -0.2) is 24.1 Å². The van der Waals surface area contributed by atoms with Crippen LogP contribution in [-0.2, 0) is 16.1 Å². The molecule has 1 amide bonds. The predicted molar refractivity (Wildman–Crippen MR) is 95.5 cm³/mol. The number of thiazole rings is 1. The van der Waals surface area contributed by atoms with E-state index in [9.17, 15) is 4.79 Å². The molecule has 124 valence electrons. The number of ether oxygens (including phenoxy) is 2. The monoisotopic (exact) mass is 342 g/mol. The third kappa shape index (κ3) is 4.31. The van der Waals surface area contributed by atoms with E-state index >= 15 is 0 Å². The van der Waals surface area contributed by atoms with E-state index in [4.69, 9.17) is 9.47 Å². The molecule has 0 fully saturated rings. The van der Waals surface area contributed by atoms with Gasteiger partial charge < -0.3 is 14.8 Å². The van der Waals surface area contributed by atoms with Gasteiger partial charge in [0.25, 0.3) is 0 Å². The van der Waals surface area contributed by atoms with Crippen molar-refractivity contribution in [2.45, 2.75) is 13.5 Å². The van der Waals surface area contributed by atoms with Gasteiger partial charge in [0.2, 0.25) is 5.91 Å². The lowest BCUT2D eigenvalue weighted by Crippen LogP contribution is -2.18. The van der Waals surface area contributed by atoms with E-state index in [0.717, 1.165) is 21.0 Å². The Kier molecular flexibility index (Phi) is 5.40. The lowest BCUT2D eigenvalue weighted by Gasteiger charge is -2.07. The molecule has 5 nitrogen and oxygen atoms in total. The minimum absolute atomic E-state index is 0.0619. The Balaban J connectivity index is 1.55. The summed E-state index contributed by atoms with van der Waals surface area (Å²) in [7, 11) is 0. The summed E-state index contributed by atoms with van der Waals surface area (Å²) in [4.78, 5) is 16.1. The molecular weight excluding hydrogens is 324 g/mol. The minimum atomic E-state index is -0.167. The van der Waals surface area contributed by atoms with Crippen molar-refractivity contribution in [3.63, 3.8) is 0 Å². The molecule has 0 bridgehead atoms. The topological polar surface area (TPSA) is 60.5 Å². The molecule has 1 N–H and O–H groups in total. The van der Waals surface area contributed by atoms with Crippen LogP contribution in [0, 0.1) is 0 Å². The van der Waals surface area contributed by atoms with Crippen molar-refractivity contribution < 1.29 is 14.3 Å². The van der Waals surface area contributed by atoms with E-state index in [-0.39, 0.29) is 12.5 Å². The normalized spacial score (nSPS) is 10.7. The standard InChI is InChI=1S/C18H18N2O3S/c1-2-22-11-17(21)19-13-7-9-14(10-8-13)23-12-18-20-15-5-3-4-6-16(15)24-18/h3-10H,2,11-12H2,1H3,(H,19,21). The second-order valence-corrected chi connectivity index (χ2v) is 6.19. The molecule has 0 radical (unpaired) electrons. The minimum Gasteiger partial charge on any atom is -0.486 e. The molecule has 3 rings (SSSR count). The average Bonchev–Trinajstić information content (AvgIpc) is 3.02. The van der Waals surface area contributed by atoms with Crippen molar-refractivity contribution in [3.05, 3.63) is 53.5 Å². The Morgan fingerprint density at radius 2 is 1.96 bits per heavy atom. The van der Waals surface area contributed by atoms with Crippen molar-refractivity contribution in [1.29, 1.82) is 0 Å². The van der Waals surface area contributed by atoms with Gasteiger partial charge in [-0.2, -0.15) is 0 Å². The maximum Gasteiger partial charge on any atom is 0.250 e. The lowest BCUT2D eigenvalue weighted by molar-refractivity contribution is -0.120. The van der Waals surface area contributed by atoms with E-state index in [2.05, 4.69) is 16.4 Å². The SMILES string of the molecule is CCOCC(=O)Nc1ccc(OCc2nc3ccccc3s2)cc1. The summed E-state index contributed by atoms with van der Waals surface area (Å²) >= 11 is 1.63. The molecule has 24 heavy (non-hydrogen) atoms. The highest BCUT2D eigenvalue weighted by molar-refractivity contribution is 7.18. The molecule has 1 heterocycles. The molecule has 3 aromatic rings. The molecular formula is C18H18N2O3S. The number of anilines is 1.